The Kier molecular flexibility index (Phi) is 5.83. The predicted molar refractivity (Wildman–Crippen MR) is 100 cm³/mol. The van der Waals surface area contributed by atoms with Gasteiger partial charge in [-0.1, -0.05) is 17.7 Å². The van der Waals surface area contributed by atoms with Gasteiger partial charge in [0, 0.05) is 17.2 Å². The van der Waals surface area contributed by atoms with Gasteiger partial charge in [0.2, 0.25) is 15.9 Å². The SMILES string of the molecule is Cc1ccc([N+](=O)[O-])cc1NC(=O)CN(c1ccc(Cl)cc1)S(C)(=O)=O. The van der Waals surface area contributed by atoms with Crippen LogP contribution in [0, 0.1) is 17.0 Å². The minimum atomic E-state index is -3.73. The summed E-state index contributed by atoms with van der Waals surface area (Å²) < 4.78 is 25.0. The van der Waals surface area contributed by atoms with Crippen molar-refractivity contribution >= 4 is 44.6 Å². The molecule has 1 amide bonds. The van der Waals surface area contributed by atoms with Crippen molar-refractivity contribution in [3.05, 3.63) is 63.2 Å². The van der Waals surface area contributed by atoms with E-state index in [0.717, 1.165) is 10.6 Å². The molecule has 2 rings (SSSR count). The number of nitrogens with one attached hydrogen (secondary N) is 1. The summed E-state index contributed by atoms with van der Waals surface area (Å²) in [5.41, 5.74) is 0.960. The third-order valence-electron chi connectivity index (χ3n) is 3.51. The Morgan fingerprint density at radius 1 is 1.23 bits per heavy atom. The van der Waals surface area contributed by atoms with Crippen LogP contribution >= 0.6 is 11.6 Å². The lowest BCUT2D eigenvalue weighted by atomic mass is 10.2. The van der Waals surface area contributed by atoms with E-state index < -0.39 is 27.4 Å². The maximum Gasteiger partial charge on any atom is 0.271 e. The molecule has 2 aromatic carbocycles. The van der Waals surface area contributed by atoms with Crippen molar-refractivity contribution in [1.29, 1.82) is 0 Å². The fourth-order valence-electron chi connectivity index (χ4n) is 2.19. The van der Waals surface area contributed by atoms with E-state index in [1.165, 1.54) is 42.5 Å². The van der Waals surface area contributed by atoms with Gasteiger partial charge >= 0.3 is 0 Å². The number of nitrogens with zero attached hydrogens (tertiary/aromatic N) is 2. The summed E-state index contributed by atoms with van der Waals surface area (Å²) in [6.07, 6.45) is 0.980. The van der Waals surface area contributed by atoms with Gasteiger partial charge in [-0.05, 0) is 36.8 Å². The van der Waals surface area contributed by atoms with Gasteiger partial charge in [-0.3, -0.25) is 19.2 Å². The Morgan fingerprint density at radius 2 is 1.85 bits per heavy atom. The summed E-state index contributed by atoms with van der Waals surface area (Å²) in [7, 11) is -3.73. The Morgan fingerprint density at radius 3 is 2.38 bits per heavy atom. The van der Waals surface area contributed by atoms with Gasteiger partial charge in [-0.25, -0.2) is 8.42 Å². The average Bonchev–Trinajstić information content (AvgIpc) is 2.54. The maximum absolute atomic E-state index is 12.3. The second-order valence-electron chi connectivity index (χ2n) is 5.55. The number of anilines is 2. The summed E-state index contributed by atoms with van der Waals surface area (Å²) in [5, 5.41) is 13.8. The highest BCUT2D eigenvalue weighted by Crippen LogP contribution is 2.23. The Hall–Kier alpha value is -2.65. The topological polar surface area (TPSA) is 110 Å². The van der Waals surface area contributed by atoms with Gasteiger partial charge in [-0.2, -0.15) is 0 Å². The van der Waals surface area contributed by atoms with E-state index in [1.807, 2.05) is 0 Å². The molecule has 10 heteroatoms. The molecule has 0 unspecified atom stereocenters. The van der Waals surface area contributed by atoms with E-state index in [1.54, 1.807) is 6.92 Å². The van der Waals surface area contributed by atoms with Crippen LogP contribution < -0.4 is 9.62 Å². The molecule has 138 valence electrons. The van der Waals surface area contributed by atoms with Crippen molar-refractivity contribution in [2.24, 2.45) is 0 Å². The van der Waals surface area contributed by atoms with Gasteiger partial charge in [0.1, 0.15) is 6.54 Å². The molecule has 0 aliphatic rings. The van der Waals surface area contributed by atoms with Gasteiger partial charge < -0.3 is 5.32 Å². The molecule has 0 atom stereocenters. The van der Waals surface area contributed by atoms with Crippen LogP contribution in [-0.2, 0) is 14.8 Å². The number of carbonyl (C=O) groups excluding carboxylic acids is 1. The van der Waals surface area contributed by atoms with E-state index in [9.17, 15) is 23.3 Å². The van der Waals surface area contributed by atoms with Crippen LogP contribution in [0.5, 0.6) is 0 Å². The average molecular weight is 398 g/mol. The second kappa shape index (κ2) is 7.71. The molecule has 0 saturated carbocycles. The fraction of sp³-hybridized carbons (Fsp3) is 0.188. The lowest BCUT2D eigenvalue weighted by Crippen LogP contribution is -2.37. The number of nitro benzene ring substituents is 1. The number of sulfonamides is 1. The monoisotopic (exact) mass is 397 g/mol. The van der Waals surface area contributed by atoms with E-state index in [-0.39, 0.29) is 17.1 Å². The molecule has 2 aromatic rings. The highest BCUT2D eigenvalue weighted by atomic mass is 35.5. The standard InChI is InChI=1S/C16H16ClN3O5S/c1-11-3-6-14(20(22)23)9-15(11)18-16(21)10-19(26(2,24)25)13-7-4-12(17)5-8-13/h3-9H,10H2,1-2H3,(H,18,21). The van der Waals surface area contributed by atoms with E-state index in [2.05, 4.69) is 5.32 Å². The normalized spacial score (nSPS) is 11.0. The third kappa shape index (κ3) is 4.93. The number of carbonyl (C=O) groups is 1. The molecule has 0 heterocycles. The minimum Gasteiger partial charge on any atom is -0.324 e. The molecule has 26 heavy (non-hydrogen) atoms. The van der Waals surface area contributed by atoms with Crippen LogP contribution in [0.25, 0.3) is 0 Å². The van der Waals surface area contributed by atoms with E-state index >= 15 is 0 Å². The number of non-ortho nitro benzene ring substituents is 1. The summed E-state index contributed by atoms with van der Waals surface area (Å²) in [5.74, 6) is -0.631. The first kappa shape index (κ1) is 19.7. The molecule has 0 saturated heterocycles. The zero-order valence-electron chi connectivity index (χ0n) is 14.0. The summed E-state index contributed by atoms with van der Waals surface area (Å²) in [6.45, 7) is 1.19. The summed E-state index contributed by atoms with van der Waals surface area (Å²) in [4.78, 5) is 22.6. The van der Waals surface area contributed by atoms with Crippen LogP contribution in [0.2, 0.25) is 5.02 Å². The lowest BCUT2D eigenvalue weighted by Gasteiger charge is -2.22. The molecule has 0 bridgehead atoms. The van der Waals surface area contributed by atoms with Gasteiger partial charge in [0.15, 0.2) is 0 Å². The van der Waals surface area contributed by atoms with Gasteiger partial charge in [0.05, 0.1) is 22.6 Å². The number of hydrogen-bond donors (Lipinski definition) is 1. The highest BCUT2D eigenvalue weighted by molar-refractivity contribution is 7.92. The predicted octanol–water partition coefficient (Wildman–Crippen LogP) is 2.96. The van der Waals surface area contributed by atoms with E-state index in [4.69, 9.17) is 11.6 Å². The van der Waals surface area contributed by atoms with Crippen LogP contribution in [0.3, 0.4) is 0 Å². The Balaban J connectivity index is 2.24. The van der Waals surface area contributed by atoms with Crippen molar-refractivity contribution in [3.63, 3.8) is 0 Å². The molecule has 8 nitrogen and oxygen atoms in total. The summed E-state index contributed by atoms with van der Waals surface area (Å²) in [6, 6.07) is 10.0. The minimum absolute atomic E-state index is 0.177. The number of aryl methyl sites for hydroxylation is 1. The number of nitro groups is 1. The van der Waals surface area contributed by atoms with Crippen LogP contribution in [0.4, 0.5) is 17.1 Å². The maximum atomic E-state index is 12.3. The van der Waals surface area contributed by atoms with Crippen LogP contribution in [0.15, 0.2) is 42.5 Å². The largest absolute Gasteiger partial charge is 0.324 e. The summed E-state index contributed by atoms with van der Waals surface area (Å²) >= 11 is 5.80. The second-order valence-corrected chi connectivity index (χ2v) is 7.89. The zero-order chi connectivity index (χ0) is 19.5. The van der Waals surface area contributed by atoms with Gasteiger partial charge in [-0.15, -0.1) is 0 Å². The highest BCUT2D eigenvalue weighted by Gasteiger charge is 2.21. The molecule has 0 aliphatic carbocycles. The van der Waals surface area contributed by atoms with Crippen molar-refractivity contribution in [1.82, 2.24) is 0 Å². The first-order valence-electron chi connectivity index (χ1n) is 7.36. The molecule has 0 spiro atoms. The third-order valence-corrected chi connectivity index (χ3v) is 4.90. The van der Waals surface area contributed by atoms with Crippen molar-refractivity contribution in [2.75, 3.05) is 22.4 Å². The quantitative estimate of drug-likeness (QED) is 0.595. The molecule has 0 fully saturated rings. The molecule has 0 aliphatic heterocycles. The Labute approximate surface area is 155 Å². The Bertz CT molecular complexity index is 945. The fourth-order valence-corrected chi connectivity index (χ4v) is 3.17. The molecule has 0 radical (unpaired) electrons. The number of hydrogen-bond acceptors (Lipinski definition) is 5. The smallest absolute Gasteiger partial charge is 0.271 e. The van der Waals surface area contributed by atoms with Crippen LogP contribution in [-0.4, -0.2) is 32.0 Å². The van der Waals surface area contributed by atoms with Gasteiger partial charge in [0.25, 0.3) is 5.69 Å². The molecular formula is C16H16ClN3O5S. The number of halogens is 1. The molecule has 0 aromatic heterocycles. The number of rotatable bonds is 6. The zero-order valence-corrected chi connectivity index (χ0v) is 15.5. The number of amides is 1. The van der Waals surface area contributed by atoms with Crippen molar-refractivity contribution in [3.8, 4) is 0 Å². The van der Waals surface area contributed by atoms with Crippen molar-refractivity contribution < 1.29 is 18.1 Å². The first-order valence-corrected chi connectivity index (χ1v) is 9.59. The molecule has 1 N–H and O–H groups in total. The molecular weight excluding hydrogens is 382 g/mol. The van der Waals surface area contributed by atoms with Crippen molar-refractivity contribution in [2.45, 2.75) is 6.92 Å². The number of benzene rings is 2. The lowest BCUT2D eigenvalue weighted by molar-refractivity contribution is -0.384. The van der Waals surface area contributed by atoms with E-state index in [0.29, 0.717) is 10.6 Å². The first-order chi connectivity index (χ1) is 12.1. The van der Waals surface area contributed by atoms with Crippen LogP contribution in [0.1, 0.15) is 5.56 Å².